The van der Waals surface area contributed by atoms with Crippen LogP contribution in [-0.2, 0) is 13.0 Å². The van der Waals surface area contributed by atoms with E-state index in [0.717, 1.165) is 24.3 Å². The van der Waals surface area contributed by atoms with Crippen LogP contribution in [0.15, 0.2) is 42.0 Å². The zero-order valence-corrected chi connectivity index (χ0v) is 18.7. The average Bonchev–Trinajstić information content (AvgIpc) is 2.67. The number of rotatable bonds is 4. The summed E-state index contributed by atoms with van der Waals surface area (Å²) >= 11 is 0. The molecule has 152 valence electrons. The minimum atomic E-state index is 0.307. The fourth-order valence-electron chi connectivity index (χ4n) is 3.58. The summed E-state index contributed by atoms with van der Waals surface area (Å²) in [7, 11) is 0. The summed E-state index contributed by atoms with van der Waals surface area (Å²) in [6.07, 6.45) is 5.84. The van der Waals surface area contributed by atoms with Gasteiger partial charge >= 0.3 is 0 Å². The van der Waals surface area contributed by atoms with Crippen molar-refractivity contribution >= 4 is 0 Å². The maximum absolute atomic E-state index is 6.17. The summed E-state index contributed by atoms with van der Waals surface area (Å²) < 4.78 is 12.3. The minimum absolute atomic E-state index is 0.307. The third-order valence-corrected chi connectivity index (χ3v) is 5.27. The van der Waals surface area contributed by atoms with Gasteiger partial charge < -0.3 is 9.47 Å². The Labute approximate surface area is 171 Å². The lowest BCUT2D eigenvalue weighted by atomic mass is 9.92. The molecule has 0 amide bonds. The number of benzene rings is 2. The van der Waals surface area contributed by atoms with Crippen LogP contribution >= 0.6 is 0 Å². The van der Waals surface area contributed by atoms with Gasteiger partial charge in [0.1, 0.15) is 18.1 Å². The van der Waals surface area contributed by atoms with Crippen molar-refractivity contribution in [1.82, 2.24) is 0 Å². The van der Waals surface area contributed by atoms with E-state index in [1.807, 2.05) is 18.2 Å². The Hall–Kier alpha value is -2.22. The van der Waals surface area contributed by atoms with E-state index in [-0.39, 0.29) is 0 Å². The maximum Gasteiger partial charge on any atom is 0.126 e. The molecule has 2 nitrogen and oxygen atoms in total. The zero-order valence-electron chi connectivity index (χ0n) is 18.7. The first kappa shape index (κ1) is 22.1. The van der Waals surface area contributed by atoms with Crippen molar-refractivity contribution < 1.29 is 9.47 Å². The third kappa shape index (κ3) is 5.64. The highest BCUT2D eigenvalue weighted by Gasteiger charge is 2.24. The van der Waals surface area contributed by atoms with E-state index in [1.54, 1.807) is 0 Å². The maximum atomic E-state index is 6.17. The Morgan fingerprint density at radius 3 is 2.32 bits per heavy atom. The van der Waals surface area contributed by atoms with Crippen LogP contribution in [0.25, 0.3) is 0 Å². The van der Waals surface area contributed by atoms with Gasteiger partial charge in [-0.1, -0.05) is 48.9 Å². The Morgan fingerprint density at radius 2 is 1.75 bits per heavy atom. The average molecular weight is 381 g/mol. The van der Waals surface area contributed by atoms with E-state index >= 15 is 0 Å². The fraction of sp³-hybridized carbons (Fsp3) is 0.462. The molecule has 0 saturated carbocycles. The molecule has 2 aromatic carbocycles. The van der Waals surface area contributed by atoms with Crippen LogP contribution in [0.1, 0.15) is 68.4 Å². The zero-order chi connectivity index (χ0) is 20.7. The SMILES string of the molecule is CCC=C(C)C.Cc1c(C)c2c(c(C)c1OCc1ccccc1)CC[C@@H](C)O2. The van der Waals surface area contributed by atoms with Crippen LogP contribution in [0.5, 0.6) is 11.5 Å². The molecule has 0 radical (unpaired) electrons. The van der Waals surface area contributed by atoms with Gasteiger partial charge in [0.25, 0.3) is 0 Å². The highest BCUT2D eigenvalue weighted by atomic mass is 16.5. The van der Waals surface area contributed by atoms with Crippen LogP contribution in [0.3, 0.4) is 0 Å². The first-order valence-corrected chi connectivity index (χ1v) is 10.4. The molecule has 0 unspecified atom stereocenters. The lowest BCUT2D eigenvalue weighted by molar-refractivity contribution is 0.189. The minimum Gasteiger partial charge on any atom is -0.490 e. The molecule has 2 heteroatoms. The summed E-state index contributed by atoms with van der Waals surface area (Å²) in [5.74, 6) is 2.11. The molecule has 1 aliphatic heterocycles. The van der Waals surface area contributed by atoms with Crippen molar-refractivity contribution in [2.45, 2.75) is 80.4 Å². The quantitative estimate of drug-likeness (QED) is 0.519. The molecule has 28 heavy (non-hydrogen) atoms. The monoisotopic (exact) mass is 380 g/mol. The van der Waals surface area contributed by atoms with E-state index in [2.05, 4.69) is 66.7 Å². The second-order valence-corrected chi connectivity index (χ2v) is 7.94. The summed E-state index contributed by atoms with van der Waals surface area (Å²) in [6, 6.07) is 10.3. The highest BCUT2D eigenvalue weighted by Crippen LogP contribution is 2.41. The molecule has 0 saturated heterocycles. The molecule has 1 aliphatic rings. The van der Waals surface area contributed by atoms with Crippen molar-refractivity contribution in [2.24, 2.45) is 0 Å². The molecular weight excluding hydrogens is 344 g/mol. The largest absolute Gasteiger partial charge is 0.490 e. The normalized spacial score (nSPS) is 14.9. The highest BCUT2D eigenvalue weighted by molar-refractivity contribution is 5.58. The van der Waals surface area contributed by atoms with Gasteiger partial charge in [-0.15, -0.1) is 0 Å². The van der Waals surface area contributed by atoms with Crippen molar-refractivity contribution in [1.29, 1.82) is 0 Å². The van der Waals surface area contributed by atoms with Crippen molar-refractivity contribution in [3.8, 4) is 11.5 Å². The van der Waals surface area contributed by atoms with Gasteiger partial charge in [-0.2, -0.15) is 0 Å². The van der Waals surface area contributed by atoms with E-state index in [0.29, 0.717) is 12.7 Å². The first-order chi connectivity index (χ1) is 13.3. The number of fused-ring (bicyclic) bond motifs is 1. The summed E-state index contributed by atoms with van der Waals surface area (Å²) in [5.41, 5.74) is 7.58. The van der Waals surface area contributed by atoms with Crippen LogP contribution < -0.4 is 9.47 Å². The molecular formula is C26H36O2. The van der Waals surface area contributed by atoms with Crippen LogP contribution in [0.4, 0.5) is 0 Å². The van der Waals surface area contributed by atoms with Gasteiger partial charge in [-0.05, 0) is 83.1 Å². The summed E-state index contributed by atoms with van der Waals surface area (Å²) in [4.78, 5) is 0. The molecule has 1 heterocycles. The predicted octanol–water partition coefficient (Wildman–Crippen LogP) is 7.27. The number of ether oxygens (including phenoxy) is 2. The predicted molar refractivity (Wildman–Crippen MR) is 120 cm³/mol. The van der Waals surface area contributed by atoms with E-state index in [4.69, 9.17) is 9.47 Å². The molecule has 2 aromatic rings. The molecule has 0 aliphatic carbocycles. The standard InChI is InChI=1S/C20H24O2.C6H12/c1-13-10-11-18-16(4)19(14(2)15(3)20(18)22-13)21-12-17-8-6-5-7-9-17;1-4-5-6(2)3/h5-9,13H,10-12H2,1-4H3;5H,4H2,1-3H3/t13-;/m1./s1. The lowest BCUT2D eigenvalue weighted by Gasteiger charge is -2.29. The molecule has 3 rings (SSSR count). The van der Waals surface area contributed by atoms with E-state index in [9.17, 15) is 0 Å². The second kappa shape index (κ2) is 10.4. The lowest BCUT2D eigenvalue weighted by Crippen LogP contribution is -2.21. The van der Waals surface area contributed by atoms with Crippen molar-refractivity contribution in [3.05, 3.63) is 69.8 Å². The van der Waals surface area contributed by atoms with Crippen LogP contribution in [0.2, 0.25) is 0 Å². The molecule has 0 bridgehead atoms. The van der Waals surface area contributed by atoms with Gasteiger partial charge in [0.05, 0.1) is 6.10 Å². The molecule has 0 aromatic heterocycles. The summed E-state index contributed by atoms with van der Waals surface area (Å²) in [5, 5.41) is 0. The van der Waals surface area contributed by atoms with Gasteiger partial charge in [-0.3, -0.25) is 0 Å². The van der Waals surface area contributed by atoms with Gasteiger partial charge in [0.15, 0.2) is 0 Å². The number of hydrogen-bond acceptors (Lipinski definition) is 2. The second-order valence-electron chi connectivity index (χ2n) is 7.94. The smallest absolute Gasteiger partial charge is 0.126 e. The Morgan fingerprint density at radius 1 is 1.07 bits per heavy atom. The van der Waals surface area contributed by atoms with E-state index < -0.39 is 0 Å². The first-order valence-electron chi connectivity index (χ1n) is 10.4. The van der Waals surface area contributed by atoms with Gasteiger partial charge in [0.2, 0.25) is 0 Å². The molecule has 1 atom stereocenters. The van der Waals surface area contributed by atoms with Crippen LogP contribution in [0, 0.1) is 20.8 Å². The Balaban J connectivity index is 0.000000409. The van der Waals surface area contributed by atoms with Gasteiger partial charge in [-0.25, -0.2) is 0 Å². The van der Waals surface area contributed by atoms with E-state index in [1.165, 1.54) is 39.8 Å². The fourth-order valence-corrected chi connectivity index (χ4v) is 3.58. The molecule has 0 fully saturated rings. The number of allylic oxidation sites excluding steroid dienone is 2. The molecule has 0 N–H and O–H groups in total. The molecule has 0 spiro atoms. The van der Waals surface area contributed by atoms with Gasteiger partial charge in [0, 0.05) is 5.56 Å². The third-order valence-electron chi connectivity index (χ3n) is 5.27. The van der Waals surface area contributed by atoms with Crippen molar-refractivity contribution in [3.63, 3.8) is 0 Å². The summed E-state index contributed by atoms with van der Waals surface area (Å²) in [6.45, 7) is 15.6. The number of hydrogen-bond donors (Lipinski definition) is 0. The van der Waals surface area contributed by atoms with Crippen LogP contribution in [-0.4, -0.2) is 6.10 Å². The topological polar surface area (TPSA) is 18.5 Å². The van der Waals surface area contributed by atoms with Crippen molar-refractivity contribution in [2.75, 3.05) is 0 Å². The Kier molecular flexibility index (Phi) is 8.17. The Bertz CT molecular complexity index is 799.